The van der Waals surface area contributed by atoms with E-state index in [1.54, 1.807) is 32.2 Å². The summed E-state index contributed by atoms with van der Waals surface area (Å²) in [6.45, 7) is 4.44. The van der Waals surface area contributed by atoms with Crippen LogP contribution in [0, 0.1) is 12.7 Å². The summed E-state index contributed by atoms with van der Waals surface area (Å²) in [6.07, 6.45) is 4.77. The quantitative estimate of drug-likeness (QED) is 0.377. The van der Waals surface area contributed by atoms with Crippen LogP contribution in [0.3, 0.4) is 0 Å². The van der Waals surface area contributed by atoms with E-state index in [-0.39, 0.29) is 18.5 Å². The third-order valence-electron chi connectivity index (χ3n) is 7.17. The molecule has 2 aromatic heterocycles. The fourth-order valence-corrected chi connectivity index (χ4v) is 5.12. The number of ether oxygens (including phenoxy) is 1. The van der Waals surface area contributed by atoms with Crippen LogP contribution in [0.5, 0.6) is 0 Å². The molecule has 2 amide bonds. The summed E-state index contributed by atoms with van der Waals surface area (Å²) in [5, 5.41) is 16.2. The number of amides is 2. The van der Waals surface area contributed by atoms with Crippen molar-refractivity contribution in [2.75, 3.05) is 25.1 Å². The van der Waals surface area contributed by atoms with Gasteiger partial charge in [-0.05, 0) is 56.0 Å². The van der Waals surface area contributed by atoms with Gasteiger partial charge in [-0.1, -0.05) is 17.7 Å². The van der Waals surface area contributed by atoms with Gasteiger partial charge in [0.15, 0.2) is 0 Å². The van der Waals surface area contributed by atoms with Crippen LogP contribution in [-0.4, -0.2) is 68.7 Å². The van der Waals surface area contributed by atoms with E-state index in [1.807, 2.05) is 0 Å². The number of aryl methyl sites for hydroxylation is 1. The normalized spacial score (nSPS) is 16.9. The molecule has 0 radical (unpaired) electrons. The standard InChI is InChI=1S/C28H30ClFN6O4/c1-15-7-17(9-19(30)8-15)24(14-37)34-26(38)16(2)36-13-18-11-31-23(10-21(18)27(36)39)25-22(29)12-32-28(35-25)33-20-3-5-40-6-4-20/h7-12,16,20,24,37H,3-6,13-14H2,1-2H3,(H,34,38)(H,32,33,35)/t16-,24-/m1/s1. The zero-order chi connectivity index (χ0) is 28.4. The van der Waals surface area contributed by atoms with Gasteiger partial charge in [0, 0.05) is 43.1 Å². The number of aliphatic hydroxyl groups excluding tert-OH is 1. The number of aromatic nitrogens is 3. The van der Waals surface area contributed by atoms with E-state index in [1.165, 1.54) is 23.2 Å². The first-order valence-electron chi connectivity index (χ1n) is 13.1. The van der Waals surface area contributed by atoms with Crippen LogP contribution in [0.15, 0.2) is 36.7 Å². The molecule has 2 aliphatic rings. The molecule has 1 fully saturated rings. The third-order valence-corrected chi connectivity index (χ3v) is 7.45. The summed E-state index contributed by atoms with van der Waals surface area (Å²) in [5.41, 5.74) is 2.98. The zero-order valence-corrected chi connectivity index (χ0v) is 22.9. The van der Waals surface area contributed by atoms with Gasteiger partial charge < -0.3 is 25.4 Å². The van der Waals surface area contributed by atoms with Crippen molar-refractivity contribution in [2.45, 2.75) is 51.4 Å². The number of fused-ring (bicyclic) bond motifs is 1. The van der Waals surface area contributed by atoms with Crippen molar-refractivity contribution in [3.05, 3.63) is 69.8 Å². The van der Waals surface area contributed by atoms with E-state index >= 15 is 0 Å². The number of hydrogen-bond acceptors (Lipinski definition) is 8. The molecule has 3 aromatic rings. The minimum Gasteiger partial charge on any atom is -0.394 e. The van der Waals surface area contributed by atoms with E-state index in [2.05, 4.69) is 25.6 Å². The largest absolute Gasteiger partial charge is 0.394 e. The van der Waals surface area contributed by atoms with Crippen molar-refractivity contribution in [1.82, 2.24) is 25.2 Å². The summed E-state index contributed by atoms with van der Waals surface area (Å²) in [6, 6.07) is 4.47. The van der Waals surface area contributed by atoms with Crippen molar-refractivity contribution < 1.29 is 23.8 Å². The lowest BCUT2D eigenvalue weighted by Gasteiger charge is -2.26. The number of nitrogens with one attached hydrogen (secondary N) is 2. The summed E-state index contributed by atoms with van der Waals surface area (Å²) in [4.78, 5) is 41.2. The van der Waals surface area contributed by atoms with Gasteiger partial charge in [-0.2, -0.15) is 0 Å². The number of nitrogens with zero attached hydrogens (tertiary/aromatic N) is 4. The maximum Gasteiger partial charge on any atom is 0.255 e. The highest BCUT2D eigenvalue weighted by molar-refractivity contribution is 6.32. The first kappa shape index (κ1) is 27.9. The molecule has 1 aromatic carbocycles. The smallest absolute Gasteiger partial charge is 0.255 e. The molecule has 0 bridgehead atoms. The molecular weight excluding hydrogens is 539 g/mol. The number of carbonyl (C=O) groups excluding carboxylic acids is 2. The summed E-state index contributed by atoms with van der Waals surface area (Å²) in [5.74, 6) is -0.856. The number of carbonyl (C=O) groups is 2. The van der Waals surface area contributed by atoms with Crippen LogP contribution in [-0.2, 0) is 16.1 Å². The molecule has 0 aliphatic carbocycles. The Morgan fingerprint density at radius 1 is 1.23 bits per heavy atom. The number of pyridine rings is 1. The van der Waals surface area contributed by atoms with Gasteiger partial charge in [-0.15, -0.1) is 0 Å². The van der Waals surface area contributed by atoms with Gasteiger partial charge in [0.1, 0.15) is 17.6 Å². The Morgan fingerprint density at radius 3 is 2.73 bits per heavy atom. The average Bonchev–Trinajstić information content (AvgIpc) is 3.27. The van der Waals surface area contributed by atoms with Crippen LogP contribution >= 0.6 is 11.6 Å². The number of halogens is 2. The summed E-state index contributed by atoms with van der Waals surface area (Å²) in [7, 11) is 0. The SMILES string of the molecule is Cc1cc(F)cc([C@@H](CO)NC(=O)[C@@H](C)N2Cc3cnc(-c4nc(NC5CCOCC5)ncc4Cl)cc3C2=O)c1. The van der Waals surface area contributed by atoms with Crippen molar-refractivity contribution in [2.24, 2.45) is 0 Å². The lowest BCUT2D eigenvalue weighted by molar-refractivity contribution is -0.126. The van der Waals surface area contributed by atoms with Crippen molar-refractivity contribution in [3.63, 3.8) is 0 Å². The Hall–Kier alpha value is -3.67. The second kappa shape index (κ2) is 11.8. The molecular formula is C28H30ClFN6O4. The minimum absolute atomic E-state index is 0.187. The Labute approximate surface area is 235 Å². The number of benzene rings is 1. The van der Waals surface area contributed by atoms with Gasteiger partial charge in [-0.3, -0.25) is 14.6 Å². The van der Waals surface area contributed by atoms with Gasteiger partial charge >= 0.3 is 0 Å². The molecule has 1 saturated heterocycles. The minimum atomic E-state index is -0.857. The topological polar surface area (TPSA) is 130 Å². The number of rotatable bonds is 8. The first-order valence-corrected chi connectivity index (χ1v) is 13.5. The average molecular weight is 569 g/mol. The van der Waals surface area contributed by atoms with Crippen molar-refractivity contribution in [1.29, 1.82) is 0 Å². The number of aliphatic hydroxyl groups is 1. The molecule has 10 nitrogen and oxygen atoms in total. The Morgan fingerprint density at radius 2 is 2.00 bits per heavy atom. The van der Waals surface area contributed by atoms with E-state index in [0.717, 1.165) is 12.8 Å². The molecule has 40 heavy (non-hydrogen) atoms. The van der Waals surface area contributed by atoms with E-state index in [0.29, 0.717) is 57.8 Å². The van der Waals surface area contributed by atoms with Crippen LogP contribution in [0.25, 0.3) is 11.4 Å². The van der Waals surface area contributed by atoms with Gasteiger partial charge in [0.2, 0.25) is 11.9 Å². The summed E-state index contributed by atoms with van der Waals surface area (Å²) >= 11 is 6.41. The lowest BCUT2D eigenvalue weighted by atomic mass is 10.0. The lowest BCUT2D eigenvalue weighted by Crippen LogP contribution is -2.46. The molecule has 210 valence electrons. The highest BCUT2D eigenvalue weighted by Crippen LogP contribution is 2.31. The third kappa shape index (κ3) is 5.91. The molecule has 0 spiro atoms. The number of anilines is 1. The molecule has 5 rings (SSSR count). The highest BCUT2D eigenvalue weighted by Gasteiger charge is 2.35. The summed E-state index contributed by atoms with van der Waals surface area (Å²) < 4.78 is 19.3. The molecule has 0 unspecified atom stereocenters. The van der Waals surface area contributed by atoms with E-state index in [9.17, 15) is 19.1 Å². The van der Waals surface area contributed by atoms with Crippen LogP contribution < -0.4 is 10.6 Å². The van der Waals surface area contributed by atoms with E-state index in [4.69, 9.17) is 16.3 Å². The molecule has 0 saturated carbocycles. The first-order chi connectivity index (χ1) is 19.2. The van der Waals surface area contributed by atoms with Crippen LogP contribution in [0.4, 0.5) is 10.3 Å². The van der Waals surface area contributed by atoms with Gasteiger partial charge in [-0.25, -0.2) is 14.4 Å². The predicted octanol–water partition coefficient (Wildman–Crippen LogP) is 3.42. The second-order valence-electron chi connectivity index (χ2n) is 10.1. The predicted molar refractivity (Wildman–Crippen MR) is 146 cm³/mol. The van der Waals surface area contributed by atoms with E-state index < -0.39 is 30.4 Å². The number of hydrogen-bond donors (Lipinski definition) is 3. The van der Waals surface area contributed by atoms with Crippen molar-refractivity contribution >= 4 is 29.4 Å². The van der Waals surface area contributed by atoms with Crippen molar-refractivity contribution in [3.8, 4) is 11.4 Å². The van der Waals surface area contributed by atoms with Gasteiger partial charge in [0.05, 0.1) is 29.6 Å². The molecule has 12 heteroatoms. The fraction of sp³-hybridized carbons (Fsp3) is 0.393. The van der Waals surface area contributed by atoms with Crippen LogP contribution in [0.1, 0.15) is 52.9 Å². The molecule has 2 aliphatic heterocycles. The molecule has 2 atom stereocenters. The fourth-order valence-electron chi connectivity index (χ4n) is 4.94. The van der Waals surface area contributed by atoms with Gasteiger partial charge in [0.25, 0.3) is 5.91 Å². The molecule has 4 heterocycles. The Kier molecular flexibility index (Phi) is 8.24. The molecule has 3 N–H and O–H groups in total. The monoisotopic (exact) mass is 568 g/mol. The Balaban J connectivity index is 1.31. The maximum atomic E-state index is 13.9. The Bertz CT molecular complexity index is 1410. The maximum absolute atomic E-state index is 13.9. The van der Waals surface area contributed by atoms with Crippen LogP contribution in [0.2, 0.25) is 5.02 Å². The zero-order valence-electron chi connectivity index (χ0n) is 22.2. The second-order valence-corrected chi connectivity index (χ2v) is 10.5. The highest BCUT2D eigenvalue weighted by atomic mass is 35.5.